The van der Waals surface area contributed by atoms with E-state index in [-0.39, 0.29) is 11.8 Å². The van der Waals surface area contributed by atoms with Gasteiger partial charge in [-0.3, -0.25) is 9.59 Å². The predicted octanol–water partition coefficient (Wildman–Crippen LogP) is 2.76. The van der Waals surface area contributed by atoms with Crippen molar-refractivity contribution in [2.24, 2.45) is 0 Å². The van der Waals surface area contributed by atoms with Gasteiger partial charge in [-0.15, -0.1) is 6.58 Å². The van der Waals surface area contributed by atoms with Crippen LogP contribution >= 0.6 is 0 Å². The van der Waals surface area contributed by atoms with E-state index >= 15 is 0 Å². The van der Waals surface area contributed by atoms with Crippen molar-refractivity contribution in [3.8, 4) is 5.75 Å². The SMILES string of the molecule is C=CCC(=O)c1ccc(OC(=O)CC)cc1. The van der Waals surface area contributed by atoms with Gasteiger partial charge in [0, 0.05) is 18.4 Å². The van der Waals surface area contributed by atoms with Crippen LogP contribution < -0.4 is 4.74 Å². The van der Waals surface area contributed by atoms with Gasteiger partial charge in [-0.05, 0) is 24.3 Å². The number of hydrogen-bond acceptors (Lipinski definition) is 3. The summed E-state index contributed by atoms with van der Waals surface area (Å²) in [7, 11) is 0. The van der Waals surface area contributed by atoms with Crippen molar-refractivity contribution >= 4 is 11.8 Å². The first-order chi connectivity index (χ1) is 7.67. The Kier molecular flexibility index (Phi) is 4.45. The van der Waals surface area contributed by atoms with E-state index < -0.39 is 0 Å². The molecule has 0 saturated carbocycles. The molecule has 0 bridgehead atoms. The summed E-state index contributed by atoms with van der Waals surface area (Å²) in [5.74, 6) is 0.176. The van der Waals surface area contributed by atoms with Gasteiger partial charge in [-0.2, -0.15) is 0 Å². The third-order valence-corrected chi connectivity index (χ3v) is 2.03. The first kappa shape index (κ1) is 12.2. The minimum atomic E-state index is -0.287. The Balaban J connectivity index is 2.71. The predicted molar refractivity (Wildman–Crippen MR) is 61.5 cm³/mol. The molecule has 0 aromatic heterocycles. The van der Waals surface area contributed by atoms with Crippen molar-refractivity contribution in [2.75, 3.05) is 0 Å². The highest BCUT2D eigenvalue weighted by atomic mass is 16.5. The number of hydrogen-bond donors (Lipinski definition) is 0. The van der Waals surface area contributed by atoms with Crippen LogP contribution in [0.5, 0.6) is 5.75 Å². The van der Waals surface area contributed by atoms with Crippen molar-refractivity contribution in [3.05, 3.63) is 42.5 Å². The van der Waals surface area contributed by atoms with Crippen LogP contribution in [-0.4, -0.2) is 11.8 Å². The quantitative estimate of drug-likeness (QED) is 0.330. The van der Waals surface area contributed by atoms with Crippen LogP contribution in [-0.2, 0) is 4.79 Å². The van der Waals surface area contributed by atoms with E-state index in [1.165, 1.54) is 0 Å². The highest BCUT2D eigenvalue weighted by Crippen LogP contribution is 2.14. The highest BCUT2D eigenvalue weighted by molar-refractivity contribution is 5.97. The maximum Gasteiger partial charge on any atom is 0.310 e. The fourth-order valence-corrected chi connectivity index (χ4v) is 1.16. The molecule has 84 valence electrons. The van der Waals surface area contributed by atoms with Gasteiger partial charge < -0.3 is 4.74 Å². The molecule has 3 nitrogen and oxygen atoms in total. The maximum atomic E-state index is 11.5. The summed E-state index contributed by atoms with van der Waals surface area (Å²) in [4.78, 5) is 22.5. The van der Waals surface area contributed by atoms with Gasteiger partial charge in [0.1, 0.15) is 5.75 Å². The second-order valence-corrected chi connectivity index (χ2v) is 3.27. The van der Waals surface area contributed by atoms with Gasteiger partial charge in [0.25, 0.3) is 0 Å². The third-order valence-electron chi connectivity index (χ3n) is 2.03. The van der Waals surface area contributed by atoms with E-state index in [1.54, 1.807) is 37.3 Å². The lowest BCUT2D eigenvalue weighted by atomic mass is 10.1. The average molecular weight is 218 g/mol. The largest absolute Gasteiger partial charge is 0.427 e. The second-order valence-electron chi connectivity index (χ2n) is 3.27. The van der Waals surface area contributed by atoms with E-state index in [4.69, 9.17) is 4.74 Å². The Bertz CT molecular complexity index is 390. The standard InChI is InChI=1S/C13H14O3/c1-3-5-12(14)10-6-8-11(9-7-10)16-13(15)4-2/h3,6-9H,1,4-5H2,2H3. The van der Waals surface area contributed by atoms with Gasteiger partial charge in [0.05, 0.1) is 0 Å². The lowest BCUT2D eigenvalue weighted by molar-refractivity contribution is -0.134. The summed E-state index contributed by atoms with van der Waals surface area (Å²) >= 11 is 0. The number of rotatable bonds is 5. The number of esters is 1. The van der Waals surface area contributed by atoms with Crippen LogP contribution in [0.25, 0.3) is 0 Å². The molecule has 0 aliphatic carbocycles. The lowest BCUT2D eigenvalue weighted by Gasteiger charge is -2.03. The van der Waals surface area contributed by atoms with Crippen LogP contribution in [0.15, 0.2) is 36.9 Å². The number of ether oxygens (including phenoxy) is 1. The number of benzene rings is 1. The first-order valence-electron chi connectivity index (χ1n) is 5.12. The lowest BCUT2D eigenvalue weighted by Crippen LogP contribution is -2.05. The second kappa shape index (κ2) is 5.85. The van der Waals surface area contributed by atoms with E-state index in [0.717, 1.165) is 0 Å². The monoisotopic (exact) mass is 218 g/mol. The summed E-state index contributed by atoms with van der Waals surface area (Å²) in [5, 5.41) is 0. The molecule has 16 heavy (non-hydrogen) atoms. The Morgan fingerprint density at radius 3 is 2.44 bits per heavy atom. The van der Waals surface area contributed by atoms with Gasteiger partial charge in [0.2, 0.25) is 0 Å². The van der Waals surface area contributed by atoms with Gasteiger partial charge in [-0.1, -0.05) is 13.0 Å². The van der Waals surface area contributed by atoms with Crippen molar-refractivity contribution in [1.82, 2.24) is 0 Å². The molecule has 0 radical (unpaired) electrons. The number of ketones is 1. The summed E-state index contributed by atoms with van der Waals surface area (Å²) in [5.41, 5.74) is 0.594. The molecule has 0 fully saturated rings. The number of carbonyl (C=O) groups excluding carboxylic acids is 2. The third kappa shape index (κ3) is 3.35. The fourth-order valence-electron chi connectivity index (χ4n) is 1.16. The Morgan fingerprint density at radius 2 is 1.94 bits per heavy atom. The van der Waals surface area contributed by atoms with Crippen molar-refractivity contribution in [3.63, 3.8) is 0 Å². The smallest absolute Gasteiger partial charge is 0.310 e. The molecule has 3 heteroatoms. The molecule has 0 unspecified atom stereocenters. The molecule has 1 rings (SSSR count). The maximum absolute atomic E-state index is 11.5. The highest BCUT2D eigenvalue weighted by Gasteiger charge is 2.05. The van der Waals surface area contributed by atoms with Crippen LogP contribution in [0, 0.1) is 0 Å². The normalized spacial score (nSPS) is 9.56. The zero-order chi connectivity index (χ0) is 12.0. The zero-order valence-electron chi connectivity index (χ0n) is 9.23. The van der Waals surface area contributed by atoms with Crippen LogP contribution in [0.3, 0.4) is 0 Å². The molecule has 1 aromatic rings. The number of carbonyl (C=O) groups is 2. The molecular weight excluding hydrogens is 204 g/mol. The Hall–Kier alpha value is -1.90. The molecule has 0 heterocycles. The Labute approximate surface area is 94.7 Å². The molecule has 0 saturated heterocycles. The molecule has 0 aliphatic heterocycles. The van der Waals surface area contributed by atoms with Gasteiger partial charge >= 0.3 is 5.97 Å². The van der Waals surface area contributed by atoms with Gasteiger partial charge in [-0.25, -0.2) is 0 Å². The van der Waals surface area contributed by atoms with E-state index in [9.17, 15) is 9.59 Å². The molecule has 0 aliphatic rings. The molecule has 0 atom stereocenters. The topological polar surface area (TPSA) is 43.4 Å². The minimum Gasteiger partial charge on any atom is -0.427 e. The van der Waals surface area contributed by atoms with Crippen molar-refractivity contribution in [2.45, 2.75) is 19.8 Å². The number of allylic oxidation sites excluding steroid dienone is 1. The number of Topliss-reactive ketones (excluding diaryl/α,β-unsaturated/α-hetero) is 1. The summed E-state index contributed by atoms with van der Waals surface area (Å²) in [6.45, 7) is 5.23. The summed E-state index contributed by atoms with van der Waals surface area (Å²) in [6, 6.07) is 6.52. The molecule has 1 aromatic carbocycles. The average Bonchev–Trinajstić information content (AvgIpc) is 2.30. The van der Waals surface area contributed by atoms with E-state index in [2.05, 4.69) is 6.58 Å². The summed E-state index contributed by atoms with van der Waals surface area (Å²) in [6.07, 6.45) is 2.21. The van der Waals surface area contributed by atoms with Crippen LogP contribution in [0.1, 0.15) is 30.1 Å². The van der Waals surface area contributed by atoms with Crippen LogP contribution in [0.4, 0.5) is 0 Å². The fraction of sp³-hybridized carbons (Fsp3) is 0.231. The molecular formula is C13H14O3. The first-order valence-corrected chi connectivity index (χ1v) is 5.12. The molecule has 0 amide bonds. The van der Waals surface area contributed by atoms with Crippen molar-refractivity contribution < 1.29 is 14.3 Å². The Morgan fingerprint density at radius 1 is 1.31 bits per heavy atom. The zero-order valence-corrected chi connectivity index (χ0v) is 9.23. The van der Waals surface area contributed by atoms with E-state index in [0.29, 0.717) is 24.2 Å². The van der Waals surface area contributed by atoms with Crippen LogP contribution in [0.2, 0.25) is 0 Å². The van der Waals surface area contributed by atoms with Gasteiger partial charge in [0.15, 0.2) is 5.78 Å². The summed E-state index contributed by atoms with van der Waals surface area (Å²) < 4.78 is 4.99. The van der Waals surface area contributed by atoms with Crippen molar-refractivity contribution in [1.29, 1.82) is 0 Å². The minimum absolute atomic E-state index is 0.00312. The van der Waals surface area contributed by atoms with E-state index in [1.807, 2.05) is 0 Å². The molecule has 0 N–H and O–H groups in total. The molecule has 0 spiro atoms.